The lowest BCUT2D eigenvalue weighted by Crippen LogP contribution is -1.93. The first-order valence-electron chi connectivity index (χ1n) is 12.6. The lowest BCUT2D eigenvalue weighted by Gasteiger charge is -2.09. The van der Waals surface area contributed by atoms with E-state index in [-0.39, 0.29) is 0 Å². The van der Waals surface area contributed by atoms with Crippen LogP contribution in [-0.4, -0.2) is 0 Å². The molecule has 1 heteroatoms. The smallest absolute Gasteiger partial charge is 0.135 e. The third-order valence-electron chi connectivity index (χ3n) is 6.94. The Morgan fingerprint density at radius 1 is 0.472 bits per heavy atom. The van der Waals surface area contributed by atoms with Crippen LogP contribution in [0.15, 0.2) is 132 Å². The lowest BCUT2D eigenvalue weighted by molar-refractivity contribution is 0.664. The van der Waals surface area contributed by atoms with E-state index in [0.717, 1.165) is 24.0 Å². The summed E-state index contributed by atoms with van der Waals surface area (Å²) in [6.07, 6.45) is 2.05. The molecular weight excluding hydrogens is 436 g/mol. The molecule has 0 aliphatic carbocycles. The van der Waals surface area contributed by atoms with Crippen molar-refractivity contribution < 1.29 is 4.42 Å². The minimum atomic E-state index is 0.938. The second-order valence-electron chi connectivity index (χ2n) is 9.35. The van der Waals surface area contributed by atoms with Gasteiger partial charge >= 0.3 is 0 Å². The third-order valence-corrected chi connectivity index (χ3v) is 6.94. The van der Waals surface area contributed by atoms with Crippen molar-refractivity contribution in [1.82, 2.24) is 0 Å². The van der Waals surface area contributed by atoms with Gasteiger partial charge in [-0.3, -0.25) is 0 Å². The number of benzene rings is 6. The van der Waals surface area contributed by atoms with E-state index in [4.69, 9.17) is 4.42 Å². The van der Waals surface area contributed by atoms with Gasteiger partial charge in [0, 0.05) is 10.8 Å². The van der Waals surface area contributed by atoms with Crippen molar-refractivity contribution in [3.05, 3.63) is 144 Å². The predicted octanol–water partition coefficient (Wildman–Crippen LogP) is 9.67. The van der Waals surface area contributed by atoms with Gasteiger partial charge in [-0.1, -0.05) is 121 Å². The highest BCUT2D eigenvalue weighted by molar-refractivity contribution is 6.23. The molecule has 0 atom stereocenters. The topological polar surface area (TPSA) is 13.1 Å². The van der Waals surface area contributed by atoms with Crippen LogP contribution in [-0.2, 0) is 12.8 Å². The molecule has 0 aliphatic rings. The summed E-state index contributed by atoms with van der Waals surface area (Å²) in [4.78, 5) is 0. The maximum absolute atomic E-state index is 6.46. The Balaban J connectivity index is 0.000000299. The fourth-order valence-electron chi connectivity index (χ4n) is 5.15. The Bertz CT molecular complexity index is 1770. The minimum Gasteiger partial charge on any atom is -0.456 e. The lowest BCUT2D eigenvalue weighted by atomic mass is 9.95. The molecule has 1 aromatic heterocycles. The fraction of sp³-hybridized carbons (Fsp3) is 0.0857. The molecule has 174 valence electrons. The first-order valence-corrected chi connectivity index (χ1v) is 12.6. The highest BCUT2D eigenvalue weighted by Gasteiger charge is 2.12. The standard InChI is InChI=1S/C28H20O.C7H8/c1-2-7-19(8-3-1)15-16-20-17-18-26-28-22(20)11-6-13-24(28)23-12-4-9-21-10-5-14-25(29-26)27(21)23;1-7-5-3-2-4-6-7/h1-14,17-18H,15-16H2;2-6H,1H3. The van der Waals surface area contributed by atoms with E-state index in [1.165, 1.54) is 49.0 Å². The van der Waals surface area contributed by atoms with Crippen molar-refractivity contribution in [3.63, 3.8) is 0 Å². The van der Waals surface area contributed by atoms with E-state index in [1.54, 1.807) is 0 Å². The normalized spacial score (nSPS) is 11.1. The first kappa shape index (κ1) is 22.1. The van der Waals surface area contributed by atoms with Gasteiger partial charge in [-0.05, 0) is 64.6 Å². The number of fused-ring (bicyclic) bond motifs is 1. The summed E-state index contributed by atoms with van der Waals surface area (Å²) in [6.45, 7) is 2.08. The minimum absolute atomic E-state index is 0.938. The summed E-state index contributed by atoms with van der Waals surface area (Å²) < 4.78 is 6.46. The molecule has 0 saturated heterocycles. The number of hydrogen-bond acceptors (Lipinski definition) is 1. The zero-order chi connectivity index (χ0) is 24.3. The van der Waals surface area contributed by atoms with E-state index >= 15 is 0 Å². The molecule has 0 aliphatic heterocycles. The number of rotatable bonds is 3. The van der Waals surface area contributed by atoms with Gasteiger partial charge in [0.25, 0.3) is 0 Å². The Morgan fingerprint density at radius 2 is 1.08 bits per heavy atom. The molecule has 0 N–H and O–H groups in total. The molecule has 0 radical (unpaired) electrons. The van der Waals surface area contributed by atoms with Crippen LogP contribution in [0.4, 0.5) is 0 Å². The molecule has 7 aromatic rings. The van der Waals surface area contributed by atoms with Crippen molar-refractivity contribution in [1.29, 1.82) is 0 Å². The van der Waals surface area contributed by atoms with E-state index < -0.39 is 0 Å². The number of hydrogen-bond donors (Lipinski definition) is 0. The van der Waals surface area contributed by atoms with Crippen LogP contribution in [0.3, 0.4) is 0 Å². The van der Waals surface area contributed by atoms with Gasteiger partial charge in [0.15, 0.2) is 0 Å². The molecule has 0 spiro atoms. The summed E-state index contributed by atoms with van der Waals surface area (Å²) in [7, 11) is 0. The highest BCUT2D eigenvalue weighted by Crippen LogP contribution is 2.37. The van der Waals surface area contributed by atoms with Crippen LogP contribution in [0.2, 0.25) is 0 Å². The summed E-state index contributed by atoms with van der Waals surface area (Å²) in [5.74, 6) is 0. The van der Waals surface area contributed by atoms with Gasteiger partial charge in [0.05, 0.1) is 0 Å². The number of aryl methyl sites for hydroxylation is 3. The summed E-state index contributed by atoms with van der Waals surface area (Å²) in [6, 6.07) is 44.8. The third kappa shape index (κ3) is 4.25. The molecule has 1 nitrogen and oxygen atoms in total. The molecule has 0 saturated carbocycles. The zero-order valence-electron chi connectivity index (χ0n) is 20.4. The van der Waals surface area contributed by atoms with Crippen molar-refractivity contribution in [2.24, 2.45) is 0 Å². The monoisotopic (exact) mass is 464 g/mol. The summed E-state index contributed by atoms with van der Waals surface area (Å²) >= 11 is 0. The predicted molar refractivity (Wildman–Crippen MR) is 154 cm³/mol. The molecule has 0 fully saturated rings. The quantitative estimate of drug-likeness (QED) is 0.254. The van der Waals surface area contributed by atoms with Gasteiger partial charge in [0.2, 0.25) is 0 Å². The van der Waals surface area contributed by atoms with Crippen molar-refractivity contribution >= 4 is 43.5 Å². The maximum atomic E-state index is 6.46. The molecular formula is C35H28O. The fourth-order valence-corrected chi connectivity index (χ4v) is 5.15. The van der Waals surface area contributed by atoms with Crippen LogP contribution < -0.4 is 0 Å². The second kappa shape index (κ2) is 9.71. The molecule has 7 rings (SSSR count). The Morgan fingerprint density at radius 3 is 1.81 bits per heavy atom. The summed E-state index contributed by atoms with van der Waals surface area (Å²) in [5.41, 5.74) is 5.95. The first-order chi connectivity index (χ1) is 17.8. The average Bonchev–Trinajstić information content (AvgIpc) is 3.07. The van der Waals surface area contributed by atoms with Crippen LogP contribution in [0.25, 0.3) is 43.5 Å². The Hall–Kier alpha value is -4.36. The molecule has 1 heterocycles. The average molecular weight is 465 g/mol. The van der Waals surface area contributed by atoms with E-state index in [1.807, 2.05) is 18.2 Å². The molecule has 6 aromatic carbocycles. The summed E-state index contributed by atoms with van der Waals surface area (Å²) in [5, 5.41) is 7.44. The van der Waals surface area contributed by atoms with Gasteiger partial charge in [0.1, 0.15) is 11.2 Å². The SMILES string of the molecule is Cc1ccccc1.c1ccc(CCc2ccc3oc4cccc5cccc(c6cccc2c36)c54)cc1. The largest absolute Gasteiger partial charge is 0.456 e. The molecule has 36 heavy (non-hydrogen) atoms. The zero-order valence-corrected chi connectivity index (χ0v) is 20.4. The van der Waals surface area contributed by atoms with E-state index in [9.17, 15) is 0 Å². The van der Waals surface area contributed by atoms with Gasteiger partial charge in [-0.15, -0.1) is 0 Å². The molecule has 0 bridgehead atoms. The van der Waals surface area contributed by atoms with E-state index in [0.29, 0.717) is 0 Å². The molecule has 0 unspecified atom stereocenters. The molecule has 0 amide bonds. The van der Waals surface area contributed by atoms with Crippen molar-refractivity contribution in [2.75, 3.05) is 0 Å². The maximum Gasteiger partial charge on any atom is 0.135 e. The Kier molecular flexibility index (Phi) is 5.97. The van der Waals surface area contributed by atoms with E-state index in [2.05, 4.69) is 116 Å². The van der Waals surface area contributed by atoms with Crippen LogP contribution >= 0.6 is 0 Å². The highest BCUT2D eigenvalue weighted by atomic mass is 16.3. The second-order valence-corrected chi connectivity index (χ2v) is 9.35. The van der Waals surface area contributed by atoms with Crippen LogP contribution in [0.5, 0.6) is 0 Å². The van der Waals surface area contributed by atoms with Crippen LogP contribution in [0, 0.1) is 6.92 Å². The van der Waals surface area contributed by atoms with Crippen molar-refractivity contribution in [3.8, 4) is 0 Å². The van der Waals surface area contributed by atoms with Crippen LogP contribution in [0.1, 0.15) is 16.7 Å². The Labute approximate surface area is 211 Å². The van der Waals surface area contributed by atoms with Crippen molar-refractivity contribution in [2.45, 2.75) is 19.8 Å². The van der Waals surface area contributed by atoms with Gasteiger partial charge in [-0.2, -0.15) is 0 Å². The van der Waals surface area contributed by atoms with Gasteiger partial charge < -0.3 is 4.42 Å². The van der Waals surface area contributed by atoms with Gasteiger partial charge in [-0.25, -0.2) is 0 Å².